The van der Waals surface area contributed by atoms with Gasteiger partial charge < -0.3 is 38.6 Å². The van der Waals surface area contributed by atoms with E-state index in [4.69, 9.17) is 40.0 Å². The Labute approximate surface area is 338 Å². The molecule has 300 valence electrons. The third-order valence-corrected chi connectivity index (χ3v) is 14.4. The lowest BCUT2D eigenvalue weighted by Gasteiger charge is -2.62. The zero-order valence-corrected chi connectivity index (χ0v) is 33.7. The van der Waals surface area contributed by atoms with Crippen LogP contribution in [0.3, 0.4) is 0 Å². The smallest absolute Gasteiger partial charge is 0.331 e. The molecule has 14 nitrogen and oxygen atoms in total. The number of carbonyl (C=O) groups is 2. The van der Waals surface area contributed by atoms with E-state index in [1.165, 1.54) is 26.0 Å². The van der Waals surface area contributed by atoms with Gasteiger partial charge in [-0.2, -0.15) is 5.26 Å². The lowest BCUT2D eigenvalue weighted by Crippen LogP contribution is -2.69. The number of alkyl halides is 1. The molecule has 2 fully saturated rings. The zero-order valence-electron chi connectivity index (χ0n) is 32.1. The van der Waals surface area contributed by atoms with Gasteiger partial charge in [0.1, 0.15) is 18.4 Å². The second-order valence-electron chi connectivity index (χ2n) is 15.4. The number of hydrogen-bond donors (Lipinski definition) is 3. The van der Waals surface area contributed by atoms with Crippen LogP contribution in [0.5, 0.6) is 40.2 Å². The number of piperazine rings is 1. The van der Waals surface area contributed by atoms with Gasteiger partial charge in [-0.05, 0) is 68.1 Å². The van der Waals surface area contributed by atoms with Crippen LogP contribution in [0.25, 0.3) is 0 Å². The molecule has 7 atom stereocenters. The predicted molar refractivity (Wildman–Crippen MR) is 208 cm³/mol. The van der Waals surface area contributed by atoms with Crippen molar-refractivity contribution in [3.63, 3.8) is 0 Å². The van der Waals surface area contributed by atoms with Crippen molar-refractivity contribution in [1.82, 2.24) is 15.1 Å². The van der Waals surface area contributed by atoms with E-state index in [-0.39, 0.29) is 54.7 Å². The molecule has 7 aliphatic heterocycles. The van der Waals surface area contributed by atoms with Crippen molar-refractivity contribution in [2.75, 3.05) is 52.8 Å². The normalized spacial score (nSPS) is 28.3. The number of rotatable bonds is 5. The number of ether oxygens (including phenoxy) is 6. The number of nitriles is 1. The average Bonchev–Trinajstić information content (AvgIpc) is 3.68. The molecule has 4 bridgehead atoms. The van der Waals surface area contributed by atoms with Gasteiger partial charge in [0.2, 0.25) is 6.79 Å². The van der Waals surface area contributed by atoms with Gasteiger partial charge in [-0.1, -0.05) is 6.07 Å². The number of esters is 2. The summed E-state index contributed by atoms with van der Waals surface area (Å²) in [5.41, 5.74) is 4.27. The Morgan fingerprint density at radius 1 is 1.09 bits per heavy atom. The van der Waals surface area contributed by atoms with Crippen molar-refractivity contribution in [1.29, 1.82) is 5.26 Å². The number of phenolic OH excluding ortho intramolecular Hbond substituents is 2. The minimum atomic E-state index is -1.38. The number of carbonyl (C=O) groups excluding carboxylic acids is 2. The number of hydrogen-bond acceptors (Lipinski definition) is 15. The van der Waals surface area contributed by atoms with Gasteiger partial charge >= 0.3 is 11.9 Å². The number of nitrogens with zero attached hydrogens (tertiary/aromatic N) is 3. The SMILES string of the molecule is COc1cc2c(cc1O)CCN[C@]21CS[C@@H]2c3c(OC(=O)CCCl)c(C)c4c(c3[C@@H](COC1=O)N1C2[C@H]2c3c(cc(C)c(OC)c3O)C[C@H]([C@@H]1C#N)N2C)OCO4. The summed E-state index contributed by atoms with van der Waals surface area (Å²) in [5, 5.41) is 37.0. The summed E-state index contributed by atoms with van der Waals surface area (Å²) in [4.78, 5) is 32.6. The Bertz CT molecular complexity index is 2270. The molecule has 2 saturated heterocycles. The maximum Gasteiger partial charge on any atom is 0.331 e. The molecule has 16 heteroatoms. The molecule has 7 aliphatic rings. The number of benzene rings is 3. The van der Waals surface area contributed by atoms with E-state index in [1.54, 1.807) is 12.1 Å². The average molecular weight is 819 g/mol. The van der Waals surface area contributed by atoms with Crippen LogP contribution in [0, 0.1) is 25.2 Å². The summed E-state index contributed by atoms with van der Waals surface area (Å²) in [5.74, 6) is 0.887. The predicted octanol–water partition coefficient (Wildman–Crippen LogP) is 4.60. The summed E-state index contributed by atoms with van der Waals surface area (Å²) in [6, 6.07) is 5.15. The first-order chi connectivity index (χ1) is 27.5. The second-order valence-corrected chi connectivity index (χ2v) is 16.9. The highest BCUT2D eigenvalue weighted by atomic mass is 35.5. The lowest BCUT2D eigenvalue weighted by molar-refractivity contribution is -0.157. The van der Waals surface area contributed by atoms with Crippen LogP contribution in [0.4, 0.5) is 0 Å². The van der Waals surface area contributed by atoms with E-state index in [2.05, 4.69) is 21.2 Å². The zero-order chi connectivity index (χ0) is 40.1. The quantitative estimate of drug-likeness (QED) is 0.185. The summed E-state index contributed by atoms with van der Waals surface area (Å²) in [7, 11) is 4.97. The van der Waals surface area contributed by atoms with Crippen LogP contribution in [0.2, 0.25) is 0 Å². The number of halogens is 1. The molecule has 0 aliphatic carbocycles. The van der Waals surface area contributed by atoms with Crippen molar-refractivity contribution in [3.05, 3.63) is 62.7 Å². The second kappa shape index (κ2) is 14.1. The van der Waals surface area contributed by atoms with E-state index < -0.39 is 46.9 Å². The number of fused-ring (bicyclic) bond motifs is 9. The van der Waals surface area contributed by atoms with E-state index in [9.17, 15) is 25.1 Å². The highest BCUT2D eigenvalue weighted by Gasteiger charge is 2.62. The van der Waals surface area contributed by atoms with Crippen molar-refractivity contribution in [2.24, 2.45) is 0 Å². The van der Waals surface area contributed by atoms with Gasteiger partial charge in [-0.25, -0.2) is 4.79 Å². The van der Waals surface area contributed by atoms with Crippen LogP contribution in [0.1, 0.15) is 68.3 Å². The first-order valence-corrected chi connectivity index (χ1v) is 20.5. The summed E-state index contributed by atoms with van der Waals surface area (Å²) in [6.07, 6.45) is 0.989. The standard InChI is InChI=1S/C41H43ClN4O10S/c1-18-10-21-11-23-24(14-43)46-25-15-53-40(50)41(22-13-27(51-4)26(47)12-20(22)7-9-44-41)16-57-39(33(46)32(45(23)3)29(21)34(49)35(18)52-5)31-30(25)38-37(54-17-55-38)19(2)36(31)56-28(48)6-8-42/h10,12-13,23-25,32-33,39,44,47,49H,6-9,11,15-17H2,1-5H3/t23-,24+,25-,32-,33?,39-,41-/m1/s1. The fraction of sp³-hybridized carbons (Fsp3) is 0.488. The van der Waals surface area contributed by atoms with Crippen LogP contribution in [-0.4, -0.2) is 103 Å². The third kappa shape index (κ3) is 5.40. The highest BCUT2D eigenvalue weighted by Crippen LogP contribution is 2.64. The molecule has 0 saturated carbocycles. The van der Waals surface area contributed by atoms with Crippen LogP contribution in [-0.2, 0) is 32.7 Å². The molecule has 3 aromatic carbocycles. The van der Waals surface area contributed by atoms with E-state index in [0.717, 1.165) is 16.7 Å². The van der Waals surface area contributed by atoms with Gasteiger partial charge in [-0.3, -0.25) is 19.9 Å². The van der Waals surface area contributed by atoms with Gasteiger partial charge in [0.05, 0.1) is 44.0 Å². The van der Waals surface area contributed by atoms with Crippen molar-refractivity contribution < 1.29 is 48.2 Å². The Kier molecular flexibility index (Phi) is 9.36. The Morgan fingerprint density at radius 2 is 1.88 bits per heavy atom. The number of methoxy groups -OCH3 is 2. The number of aryl methyl sites for hydroxylation is 1. The highest BCUT2D eigenvalue weighted by molar-refractivity contribution is 7.99. The molecule has 0 amide bonds. The minimum absolute atomic E-state index is 0.0310. The van der Waals surface area contributed by atoms with Crippen molar-refractivity contribution >= 4 is 35.3 Å². The molecular weight excluding hydrogens is 776 g/mol. The number of likely N-dealkylation sites (N-methyl/N-ethyl adjacent to an activating group) is 1. The Balaban J connectivity index is 1.33. The monoisotopic (exact) mass is 818 g/mol. The van der Waals surface area contributed by atoms with Crippen LogP contribution >= 0.6 is 23.4 Å². The maximum atomic E-state index is 14.8. The molecular formula is C41H43ClN4O10S. The fourth-order valence-corrected chi connectivity index (χ4v) is 12.1. The minimum Gasteiger partial charge on any atom is -0.504 e. The molecule has 0 radical (unpaired) electrons. The van der Waals surface area contributed by atoms with Crippen LogP contribution < -0.4 is 29.0 Å². The molecule has 1 spiro atoms. The first kappa shape index (κ1) is 38.0. The largest absolute Gasteiger partial charge is 0.504 e. The number of aromatic hydroxyl groups is 2. The molecule has 0 aromatic heterocycles. The molecule has 3 N–H and O–H groups in total. The van der Waals surface area contributed by atoms with Crippen molar-refractivity contribution in [2.45, 2.75) is 74.1 Å². The molecule has 57 heavy (non-hydrogen) atoms. The van der Waals surface area contributed by atoms with Gasteiger partial charge in [0.25, 0.3) is 0 Å². The van der Waals surface area contributed by atoms with Gasteiger partial charge in [0, 0.05) is 52.5 Å². The Hall–Kier alpha value is -4.59. The number of nitrogens with one attached hydrogen (secondary N) is 1. The maximum absolute atomic E-state index is 14.8. The van der Waals surface area contributed by atoms with Crippen molar-refractivity contribution in [3.8, 4) is 46.3 Å². The van der Waals surface area contributed by atoms with Crippen LogP contribution in [0.15, 0.2) is 18.2 Å². The lowest BCUT2D eigenvalue weighted by atomic mass is 9.71. The third-order valence-electron chi connectivity index (χ3n) is 12.7. The summed E-state index contributed by atoms with van der Waals surface area (Å²) >= 11 is 7.52. The Morgan fingerprint density at radius 3 is 2.61 bits per heavy atom. The first-order valence-electron chi connectivity index (χ1n) is 18.9. The fourth-order valence-electron chi connectivity index (χ4n) is 10.3. The summed E-state index contributed by atoms with van der Waals surface area (Å²) < 4.78 is 36.3. The van der Waals surface area contributed by atoms with E-state index in [1.807, 2.05) is 27.0 Å². The summed E-state index contributed by atoms with van der Waals surface area (Å²) in [6.45, 7) is 3.87. The molecule has 1 unspecified atom stereocenters. The molecule has 3 aromatic rings. The number of thioether (sulfide) groups is 1. The molecule has 10 rings (SSSR count). The van der Waals surface area contributed by atoms with Gasteiger partial charge in [-0.15, -0.1) is 23.4 Å². The number of phenols is 2. The van der Waals surface area contributed by atoms with E-state index >= 15 is 0 Å². The van der Waals surface area contributed by atoms with E-state index in [0.29, 0.717) is 70.2 Å². The van der Waals surface area contributed by atoms with Gasteiger partial charge in [0.15, 0.2) is 40.0 Å². The topological polar surface area (TPSA) is 172 Å². The molecule has 7 heterocycles.